The molecular formula is C15H18N2O3S. The van der Waals surface area contributed by atoms with Gasteiger partial charge in [-0.3, -0.25) is 4.98 Å². The molecule has 0 amide bonds. The fourth-order valence-electron chi connectivity index (χ4n) is 2.06. The van der Waals surface area contributed by atoms with Crippen molar-refractivity contribution in [1.29, 1.82) is 0 Å². The SMILES string of the molecule is Cc1c(OCCc2cccnc2)ccc(S(N)(=O)=O)c1C. The molecule has 6 heteroatoms. The second-order valence-electron chi connectivity index (χ2n) is 4.82. The topological polar surface area (TPSA) is 82.3 Å². The third-order valence-corrected chi connectivity index (χ3v) is 4.42. The van der Waals surface area contributed by atoms with Gasteiger partial charge in [0.25, 0.3) is 0 Å². The van der Waals surface area contributed by atoms with Gasteiger partial charge in [0.05, 0.1) is 11.5 Å². The molecule has 0 spiro atoms. The smallest absolute Gasteiger partial charge is 0.238 e. The van der Waals surface area contributed by atoms with Gasteiger partial charge in [-0.25, -0.2) is 13.6 Å². The highest BCUT2D eigenvalue weighted by Crippen LogP contribution is 2.26. The highest BCUT2D eigenvalue weighted by Gasteiger charge is 2.15. The van der Waals surface area contributed by atoms with Crippen LogP contribution in [-0.2, 0) is 16.4 Å². The number of pyridine rings is 1. The van der Waals surface area contributed by atoms with E-state index in [2.05, 4.69) is 4.98 Å². The molecule has 0 aliphatic carbocycles. The average molecular weight is 306 g/mol. The van der Waals surface area contributed by atoms with Crippen LogP contribution < -0.4 is 9.88 Å². The minimum absolute atomic E-state index is 0.139. The Kier molecular flexibility index (Phi) is 4.59. The molecule has 0 atom stereocenters. The van der Waals surface area contributed by atoms with Crippen molar-refractivity contribution in [2.45, 2.75) is 25.2 Å². The molecule has 0 saturated heterocycles. The summed E-state index contributed by atoms with van der Waals surface area (Å²) in [6.45, 7) is 4.05. The summed E-state index contributed by atoms with van der Waals surface area (Å²) in [6, 6.07) is 6.99. The van der Waals surface area contributed by atoms with Crippen LogP contribution in [0.5, 0.6) is 5.75 Å². The van der Waals surface area contributed by atoms with E-state index < -0.39 is 10.0 Å². The number of benzene rings is 1. The van der Waals surface area contributed by atoms with Crippen LogP contribution in [0, 0.1) is 13.8 Å². The van der Waals surface area contributed by atoms with Crippen LogP contribution >= 0.6 is 0 Å². The number of aromatic nitrogens is 1. The molecule has 5 nitrogen and oxygen atoms in total. The molecule has 0 unspecified atom stereocenters. The van der Waals surface area contributed by atoms with Crippen molar-refractivity contribution in [3.63, 3.8) is 0 Å². The van der Waals surface area contributed by atoms with Crippen LogP contribution in [0.3, 0.4) is 0 Å². The summed E-state index contributed by atoms with van der Waals surface area (Å²) in [4.78, 5) is 4.18. The summed E-state index contributed by atoms with van der Waals surface area (Å²) in [5.41, 5.74) is 2.50. The number of hydrogen-bond donors (Lipinski definition) is 1. The number of ether oxygens (including phenoxy) is 1. The lowest BCUT2D eigenvalue weighted by Gasteiger charge is -2.13. The predicted molar refractivity (Wildman–Crippen MR) is 80.7 cm³/mol. The molecule has 0 bridgehead atoms. The van der Waals surface area contributed by atoms with Crippen LogP contribution in [-0.4, -0.2) is 20.0 Å². The Bertz CT molecular complexity index is 728. The van der Waals surface area contributed by atoms with Gasteiger partial charge >= 0.3 is 0 Å². The first-order valence-corrected chi connectivity index (χ1v) is 8.09. The Hall–Kier alpha value is -1.92. The van der Waals surface area contributed by atoms with E-state index in [0.717, 1.165) is 17.5 Å². The average Bonchev–Trinajstić information content (AvgIpc) is 2.43. The van der Waals surface area contributed by atoms with E-state index in [1.165, 1.54) is 6.07 Å². The molecule has 1 heterocycles. The van der Waals surface area contributed by atoms with Crippen molar-refractivity contribution < 1.29 is 13.2 Å². The van der Waals surface area contributed by atoms with E-state index in [0.29, 0.717) is 17.9 Å². The van der Waals surface area contributed by atoms with Gasteiger partial charge in [0.1, 0.15) is 5.75 Å². The second kappa shape index (κ2) is 6.24. The van der Waals surface area contributed by atoms with Crippen LogP contribution in [0.2, 0.25) is 0 Å². The summed E-state index contributed by atoms with van der Waals surface area (Å²) >= 11 is 0. The van der Waals surface area contributed by atoms with Gasteiger partial charge in [0.15, 0.2) is 0 Å². The Balaban J connectivity index is 2.10. The van der Waals surface area contributed by atoms with Crippen LogP contribution in [0.1, 0.15) is 16.7 Å². The Morgan fingerprint density at radius 3 is 2.57 bits per heavy atom. The summed E-state index contributed by atoms with van der Waals surface area (Å²) < 4.78 is 28.6. The Morgan fingerprint density at radius 1 is 1.19 bits per heavy atom. The Labute approximate surface area is 124 Å². The fraction of sp³-hybridized carbons (Fsp3) is 0.267. The van der Waals surface area contributed by atoms with Crippen molar-refractivity contribution in [1.82, 2.24) is 4.98 Å². The first-order chi connectivity index (χ1) is 9.89. The number of primary sulfonamides is 1. The molecule has 0 aliphatic rings. The molecule has 2 aromatic rings. The maximum Gasteiger partial charge on any atom is 0.238 e. The molecule has 0 radical (unpaired) electrons. The van der Waals surface area contributed by atoms with Gasteiger partial charge in [-0.2, -0.15) is 0 Å². The van der Waals surface area contributed by atoms with Gasteiger partial charge in [0, 0.05) is 18.8 Å². The molecular weight excluding hydrogens is 288 g/mol. The second-order valence-corrected chi connectivity index (χ2v) is 6.35. The molecule has 1 aromatic carbocycles. The zero-order valence-corrected chi connectivity index (χ0v) is 12.9. The molecule has 21 heavy (non-hydrogen) atoms. The van der Waals surface area contributed by atoms with Crippen LogP contribution in [0.15, 0.2) is 41.6 Å². The van der Waals surface area contributed by atoms with E-state index in [1.54, 1.807) is 25.4 Å². The minimum atomic E-state index is -3.70. The highest BCUT2D eigenvalue weighted by atomic mass is 32.2. The van der Waals surface area contributed by atoms with Crippen molar-refractivity contribution in [2.75, 3.05) is 6.61 Å². The standard InChI is InChI=1S/C15H18N2O3S/c1-11-12(2)15(21(16,18)19)6-5-14(11)20-9-7-13-4-3-8-17-10-13/h3-6,8,10H,7,9H2,1-2H3,(H2,16,18,19). The van der Waals surface area contributed by atoms with E-state index in [9.17, 15) is 8.42 Å². The highest BCUT2D eigenvalue weighted by molar-refractivity contribution is 7.89. The first kappa shape index (κ1) is 15.5. The number of nitrogens with two attached hydrogens (primary N) is 1. The normalized spacial score (nSPS) is 11.4. The van der Waals surface area contributed by atoms with E-state index in [1.807, 2.05) is 19.1 Å². The van der Waals surface area contributed by atoms with E-state index in [-0.39, 0.29) is 4.90 Å². The summed E-state index contributed by atoms with van der Waals surface area (Å²) in [5, 5.41) is 5.18. The van der Waals surface area contributed by atoms with Gasteiger partial charge in [-0.15, -0.1) is 0 Å². The lowest BCUT2D eigenvalue weighted by atomic mass is 10.1. The third-order valence-electron chi connectivity index (χ3n) is 3.37. The summed E-state index contributed by atoms with van der Waals surface area (Å²) in [5.74, 6) is 0.670. The van der Waals surface area contributed by atoms with Crippen molar-refractivity contribution in [2.24, 2.45) is 5.14 Å². The van der Waals surface area contributed by atoms with Gasteiger partial charge in [-0.05, 0) is 48.7 Å². The van der Waals surface area contributed by atoms with Gasteiger partial charge < -0.3 is 4.74 Å². The third kappa shape index (κ3) is 3.80. The molecule has 2 rings (SSSR count). The molecule has 0 aliphatic heterocycles. The van der Waals surface area contributed by atoms with Gasteiger partial charge in [0.2, 0.25) is 10.0 Å². The molecule has 0 fully saturated rings. The molecule has 2 N–H and O–H groups in total. The predicted octanol–water partition coefficient (Wildman–Crippen LogP) is 1.97. The number of hydrogen-bond acceptors (Lipinski definition) is 4. The zero-order valence-electron chi connectivity index (χ0n) is 12.0. The fourth-order valence-corrected chi connectivity index (χ4v) is 2.90. The summed E-state index contributed by atoms with van der Waals surface area (Å²) in [6.07, 6.45) is 4.26. The van der Waals surface area contributed by atoms with Crippen LogP contribution in [0.4, 0.5) is 0 Å². The van der Waals surface area contributed by atoms with Crippen molar-refractivity contribution in [3.05, 3.63) is 53.3 Å². The lowest BCUT2D eigenvalue weighted by Crippen LogP contribution is -2.14. The minimum Gasteiger partial charge on any atom is -0.493 e. The van der Waals surface area contributed by atoms with E-state index >= 15 is 0 Å². The van der Waals surface area contributed by atoms with Crippen molar-refractivity contribution in [3.8, 4) is 5.75 Å². The first-order valence-electron chi connectivity index (χ1n) is 6.54. The number of rotatable bonds is 5. The maximum atomic E-state index is 11.4. The van der Waals surface area contributed by atoms with Crippen molar-refractivity contribution >= 4 is 10.0 Å². The maximum absolute atomic E-state index is 11.4. The monoisotopic (exact) mass is 306 g/mol. The quantitative estimate of drug-likeness (QED) is 0.915. The molecule has 1 aromatic heterocycles. The summed E-state index contributed by atoms with van der Waals surface area (Å²) in [7, 11) is -3.70. The van der Waals surface area contributed by atoms with Crippen LogP contribution in [0.25, 0.3) is 0 Å². The zero-order chi connectivity index (χ0) is 15.5. The van der Waals surface area contributed by atoms with Gasteiger partial charge in [-0.1, -0.05) is 6.07 Å². The van der Waals surface area contributed by atoms with E-state index in [4.69, 9.17) is 9.88 Å². The molecule has 0 saturated carbocycles. The Morgan fingerprint density at radius 2 is 1.95 bits per heavy atom. The lowest BCUT2D eigenvalue weighted by molar-refractivity contribution is 0.319. The largest absolute Gasteiger partial charge is 0.493 e. The molecule has 112 valence electrons. The number of sulfonamides is 1. The number of nitrogens with zero attached hydrogens (tertiary/aromatic N) is 1.